The Hall–Kier alpha value is -4.00. The SMILES string of the molecule is C/C=C/c1ccc(OCC(=O)Nc2ccc3c(c2)CCN3C(=O)c2ccoc2)c(OC)c1. The van der Waals surface area contributed by atoms with Gasteiger partial charge in [0, 0.05) is 17.9 Å². The lowest BCUT2D eigenvalue weighted by atomic mass is 10.1. The lowest BCUT2D eigenvalue weighted by Gasteiger charge is -2.17. The van der Waals surface area contributed by atoms with E-state index in [2.05, 4.69) is 5.32 Å². The summed E-state index contributed by atoms with van der Waals surface area (Å²) in [6, 6.07) is 12.7. The van der Waals surface area contributed by atoms with E-state index < -0.39 is 0 Å². The number of hydrogen-bond donors (Lipinski definition) is 1. The van der Waals surface area contributed by atoms with Gasteiger partial charge in [-0.2, -0.15) is 0 Å². The summed E-state index contributed by atoms with van der Waals surface area (Å²) >= 11 is 0. The number of hydrogen-bond acceptors (Lipinski definition) is 5. The molecule has 2 amide bonds. The lowest BCUT2D eigenvalue weighted by molar-refractivity contribution is -0.118. The zero-order chi connectivity index (χ0) is 22.5. The summed E-state index contributed by atoms with van der Waals surface area (Å²) in [5.41, 5.74) is 4.00. The number of amides is 2. The standard InChI is InChI=1S/C25H24N2O5/c1-3-4-17-5-8-22(23(13-17)30-2)32-16-24(28)26-20-6-7-21-18(14-20)9-11-27(21)25(29)19-10-12-31-15-19/h3-8,10,12-15H,9,11,16H2,1-2H3,(H,26,28)/b4-3+. The molecular formula is C25H24N2O5. The normalized spacial score (nSPS) is 12.6. The van der Waals surface area contributed by atoms with E-state index in [1.54, 1.807) is 30.2 Å². The topological polar surface area (TPSA) is 81.0 Å². The largest absolute Gasteiger partial charge is 0.493 e. The maximum absolute atomic E-state index is 12.6. The van der Waals surface area contributed by atoms with Crippen molar-refractivity contribution in [2.75, 3.05) is 30.5 Å². The monoisotopic (exact) mass is 432 g/mol. The molecule has 32 heavy (non-hydrogen) atoms. The van der Waals surface area contributed by atoms with E-state index in [1.807, 2.05) is 43.3 Å². The summed E-state index contributed by atoms with van der Waals surface area (Å²) in [5, 5.41) is 2.85. The number of furan rings is 1. The number of anilines is 2. The van der Waals surface area contributed by atoms with Crippen molar-refractivity contribution in [2.45, 2.75) is 13.3 Å². The van der Waals surface area contributed by atoms with Gasteiger partial charge in [-0.25, -0.2) is 0 Å². The van der Waals surface area contributed by atoms with Crippen molar-refractivity contribution in [3.63, 3.8) is 0 Å². The molecule has 0 atom stereocenters. The van der Waals surface area contributed by atoms with Crippen molar-refractivity contribution in [3.05, 3.63) is 77.8 Å². The Morgan fingerprint density at radius 2 is 2.03 bits per heavy atom. The van der Waals surface area contributed by atoms with Gasteiger partial charge in [-0.3, -0.25) is 9.59 Å². The maximum Gasteiger partial charge on any atom is 0.262 e. The van der Waals surface area contributed by atoms with Crippen LogP contribution in [-0.4, -0.2) is 32.1 Å². The highest BCUT2D eigenvalue weighted by Gasteiger charge is 2.26. The van der Waals surface area contributed by atoms with Crippen LogP contribution in [0.1, 0.15) is 28.4 Å². The number of rotatable bonds is 7. The van der Waals surface area contributed by atoms with Crippen LogP contribution in [0.3, 0.4) is 0 Å². The molecule has 0 saturated heterocycles. The highest BCUT2D eigenvalue weighted by atomic mass is 16.5. The smallest absolute Gasteiger partial charge is 0.262 e. The molecule has 1 aliphatic rings. The van der Waals surface area contributed by atoms with Gasteiger partial charge in [0.15, 0.2) is 18.1 Å². The average molecular weight is 432 g/mol. The maximum atomic E-state index is 12.6. The van der Waals surface area contributed by atoms with E-state index in [1.165, 1.54) is 12.5 Å². The predicted molar refractivity (Wildman–Crippen MR) is 122 cm³/mol. The second-order valence-electron chi connectivity index (χ2n) is 7.31. The van der Waals surface area contributed by atoms with Crippen molar-refractivity contribution in [2.24, 2.45) is 0 Å². The van der Waals surface area contributed by atoms with Gasteiger partial charge in [0.05, 0.1) is 18.9 Å². The number of nitrogens with zero attached hydrogens (tertiary/aromatic N) is 1. The molecule has 7 nitrogen and oxygen atoms in total. The third-order valence-electron chi connectivity index (χ3n) is 5.18. The molecule has 0 aliphatic carbocycles. The predicted octanol–water partition coefficient (Wildman–Crippen LogP) is 4.54. The van der Waals surface area contributed by atoms with Gasteiger partial charge in [-0.05, 0) is 60.9 Å². The second kappa shape index (κ2) is 9.43. The summed E-state index contributed by atoms with van der Waals surface area (Å²) in [7, 11) is 1.56. The highest BCUT2D eigenvalue weighted by molar-refractivity contribution is 6.07. The van der Waals surface area contributed by atoms with Crippen LogP contribution in [0.5, 0.6) is 11.5 Å². The molecule has 1 aromatic heterocycles. The molecular weight excluding hydrogens is 408 g/mol. The number of ether oxygens (including phenoxy) is 2. The van der Waals surface area contributed by atoms with E-state index in [9.17, 15) is 9.59 Å². The molecule has 1 aliphatic heterocycles. The molecule has 164 valence electrons. The molecule has 0 bridgehead atoms. The molecule has 0 unspecified atom stereocenters. The van der Waals surface area contributed by atoms with Crippen molar-refractivity contribution in [3.8, 4) is 11.5 Å². The molecule has 2 heterocycles. The van der Waals surface area contributed by atoms with Gasteiger partial charge in [-0.15, -0.1) is 0 Å². The van der Waals surface area contributed by atoms with E-state index in [4.69, 9.17) is 13.9 Å². The summed E-state index contributed by atoms with van der Waals surface area (Å²) in [6.07, 6.45) is 7.53. The van der Waals surface area contributed by atoms with Gasteiger partial charge >= 0.3 is 0 Å². The molecule has 4 rings (SSSR count). The number of benzene rings is 2. The first kappa shape index (κ1) is 21.2. The van der Waals surface area contributed by atoms with Gasteiger partial charge in [0.25, 0.3) is 11.8 Å². The molecule has 1 N–H and O–H groups in total. The Kier molecular flexibility index (Phi) is 6.26. The van der Waals surface area contributed by atoms with Crippen molar-refractivity contribution in [1.82, 2.24) is 0 Å². The van der Waals surface area contributed by atoms with E-state index in [-0.39, 0.29) is 18.4 Å². The number of fused-ring (bicyclic) bond motifs is 1. The minimum atomic E-state index is -0.283. The molecule has 3 aromatic rings. The van der Waals surface area contributed by atoms with Crippen LogP contribution >= 0.6 is 0 Å². The van der Waals surface area contributed by atoms with Crippen molar-refractivity contribution >= 4 is 29.3 Å². The zero-order valence-corrected chi connectivity index (χ0v) is 18.0. The number of allylic oxidation sites excluding steroid dienone is 1. The molecule has 0 radical (unpaired) electrons. The van der Waals surface area contributed by atoms with Crippen LogP contribution in [0, 0.1) is 0 Å². The first-order valence-electron chi connectivity index (χ1n) is 10.3. The van der Waals surface area contributed by atoms with Crippen LogP contribution < -0.4 is 19.7 Å². The first-order valence-corrected chi connectivity index (χ1v) is 10.3. The van der Waals surface area contributed by atoms with Crippen LogP contribution in [0.15, 0.2) is 65.5 Å². The van der Waals surface area contributed by atoms with E-state index >= 15 is 0 Å². The molecule has 0 spiro atoms. The summed E-state index contributed by atoms with van der Waals surface area (Å²) in [6.45, 7) is 2.37. The van der Waals surface area contributed by atoms with Crippen molar-refractivity contribution < 1.29 is 23.5 Å². The number of carbonyl (C=O) groups is 2. The third kappa shape index (κ3) is 4.51. The molecule has 0 saturated carbocycles. The Bertz CT molecular complexity index is 1150. The average Bonchev–Trinajstić information content (AvgIpc) is 3.48. The fourth-order valence-electron chi connectivity index (χ4n) is 3.67. The molecule has 2 aromatic carbocycles. The quantitative estimate of drug-likeness (QED) is 0.593. The van der Waals surface area contributed by atoms with E-state index in [0.29, 0.717) is 29.3 Å². The Morgan fingerprint density at radius 3 is 2.78 bits per heavy atom. The number of methoxy groups -OCH3 is 1. The fourth-order valence-corrected chi connectivity index (χ4v) is 3.67. The van der Waals surface area contributed by atoms with E-state index in [0.717, 1.165) is 23.2 Å². The van der Waals surface area contributed by atoms with Crippen molar-refractivity contribution in [1.29, 1.82) is 0 Å². The minimum absolute atomic E-state index is 0.0999. The first-order chi connectivity index (χ1) is 15.6. The van der Waals surface area contributed by atoms with Crippen LogP contribution in [0.2, 0.25) is 0 Å². The zero-order valence-electron chi connectivity index (χ0n) is 18.0. The molecule has 0 fully saturated rings. The van der Waals surface area contributed by atoms with Crippen LogP contribution in [-0.2, 0) is 11.2 Å². The summed E-state index contributed by atoms with van der Waals surface area (Å²) < 4.78 is 16.0. The minimum Gasteiger partial charge on any atom is -0.493 e. The summed E-state index contributed by atoms with van der Waals surface area (Å²) in [5.74, 6) is 0.678. The highest BCUT2D eigenvalue weighted by Crippen LogP contribution is 2.32. The Morgan fingerprint density at radius 1 is 1.16 bits per heavy atom. The molecule has 7 heteroatoms. The second-order valence-corrected chi connectivity index (χ2v) is 7.31. The Balaban J connectivity index is 1.38. The van der Waals surface area contributed by atoms with Crippen LogP contribution in [0.25, 0.3) is 6.08 Å². The lowest BCUT2D eigenvalue weighted by Crippen LogP contribution is -2.28. The van der Waals surface area contributed by atoms with Gasteiger partial charge in [-0.1, -0.05) is 18.2 Å². The number of carbonyl (C=O) groups excluding carboxylic acids is 2. The van der Waals surface area contributed by atoms with Crippen LogP contribution in [0.4, 0.5) is 11.4 Å². The summed E-state index contributed by atoms with van der Waals surface area (Å²) in [4.78, 5) is 26.8. The van der Waals surface area contributed by atoms with Gasteiger partial charge in [0.1, 0.15) is 6.26 Å². The van der Waals surface area contributed by atoms with Gasteiger partial charge in [0.2, 0.25) is 0 Å². The fraction of sp³-hybridized carbons (Fsp3) is 0.200. The van der Waals surface area contributed by atoms with Gasteiger partial charge < -0.3 is 24.1 Å². The third-order valence-corrected chi connectivity index (χ3v) is 5.18. The number of nitrogens with one attached hydrogen (secondary N) is 1. The Labute approximate surface area is 186 Å².